The standard InChI is InChI=1S/C20H21N5O/c1-26-18-7-5-16(6-8-18)17-14-22-20(23-15-17)25-12-10-24(11-13-25)19-4-2-3-9-21-19/h2-9,14-15H,10-13H2,1H3. The highest BCUT2D eigenvalue weighted by atomic mass is 16.5. The van der Waals surface area contributed by atoms with Gasteiger partial charge in [0.05, 0.1) is 7.11 Å². The van der Waals surface area contributed by atoms with Crippen LogP contribution in [0.3, 0.4) is 0 Å². The maximum Gasteiger partial charge on any atom is 0.225 e. The number of rotatable bonds is 4. The van der Waals surface area contributed by atoms with Crippen LogP contribution in [0.15, 0.2) is 61.1 Å². The zero-order valence-corrected chi connectivity index (χ0v) is 14.7. The van der Waals surface area contributed by atoms with Crippen LogP contribution in [0.25, 0.3) is 11.1 Å². The van der Waals surface area contributed by atoms with Crippen molar-refractivity contribution in [2.45, 2.75) is 0 Å². The first kappa shape index (κ1) is 16.3. The summed E-state index contributed by atoms with van der Waals surface area (Å²) in [5.74, 6) is 2.66. The van der Waals surface area contributed by atoms with Crippen LogP contribution in [0.1, 0.15) is 0 Å². The van der Waals surface area contributed by atoms with E-state index < -0.39 is 0 Å². The Kier molecular flexibility index (Phi) is 4.64. The molecule has 0 bridgehead atoms. The van der Waals surface area contributed by atoms with Crippen molar-refractivity contribution in [3.8, 4) is 16.9 Å². The Morgan fingerprint density at radius 3 is 2.08 bits per heavy atom. The summed E-state index contributed by atoms with van der Waals surface area (Å²) in [6, 6.07) is 13.9. The fourth-order valence-electron chi connectivity index (χ4n) is 3.09. The minimum absolute atomic E-state index is 0.780. The van der Waals surface area contributed by atoms with Crippen LogP contribution in [0, 0.1) is 0 Å². The third kappa shape index (κ3) is 3.44. The molecule has 1 aliphatic heterocycles. The molecule has 0 aliphatic carbocycles. The largest absolute Gasteiger partial charge is 0.497 e. The summed E-state index contributed by atoms with van der Waals surface area (Å²) in [5.41, 5.74) is 2.08. The second-order valence-electron chi connectivity index (χ2n) is 6.16. The molecule has 3 heterocycles. The van der Waals surface area contributed by atoms with Gasteiger partial charge in [-0.3, -0.25) is 0 Å². The summed E-state index contributed by atoms with van der Waals surface area (Å²) < 4.78 is 5.20. The molecule has 1 saturated heterocycles. The van der Waals surface area contributed by atoms with Gasteiger partial charge in [0.1, 0.15) is 11.6 Å². The van der Waals surface area contributed by atoms with Crippen LogP contribution in [0.2, 0.25) is 0 Å². The molecule has 0 amide bonds. The molecule has 0 radical (unpaired) electrons. The molecule has 0 spiro atoms. The number of hydrogen-bond acceptors (Lipinski definition) is 6. The molecule has 6 nitrogen and oxygen atoms in total. The van der Waals surface area contributed by atoms with Gasteiger partial charge in [-0.2, -0.15) is 0 Å². The molecular weight excluding hydrogens is 326 g/mol. The average molecular weight is 347 g/mol. The number of ether oxygens (including phenoxy) is 1. The Labute approximate surface area is 153 Å². The van der Waals surface area contributed by atoms with Gasteiger partial charge in [-0.25, -0.2) is 15.0 Å². The Balaban J connectivity index is 1.41. The molecule has 132 valence electrons. The van der Waals surface area contributed by atoms with E-state index in [1.807, 2.05) is 55.0 Å². The van der Waals surface area contributed by atoms with Gasteiger partial charge < -0.3 is 14.5 Å². The first-order chi connectivity index (χ1) is 12.8. The van der Waals surface area contributed by atoms with Crippen LogP contribution < -0.4 is 14.5 Å². The molecule has 1 aromatic carbocycles. The third-order valence-electron chi connectivity index (χ3n) is 4.60. The number of aromatic nitrogens is 3. The van der Waals surface area contributed by atoms with Gasteiger partial charge in [-0.05, 0) is 29.8 Å². The highest BCUT2D eigenvalue weighted by Crippen LogP contribution is 2.22. The molecule has 1 aliphatic rings. The summed E-state index contributed by atoms with van der Waals surface area (Å²) in [7, 11) is 1.67. The minimum atomic E-state index is 0.780. The fraction of sp³-hybridized carbons (Fsp3) is 0.250. The number of anilines is 2. The van der Waals surface area contributed by atoms with E-state index in [2.05, 4.69) is 30.8 Å². The molecule has 6 heteroatoms. The molecule has 4 rings (SSSR count). The zero-order valence-electron chi connectivity index (χ0n) is 14.7. The van der Waals surface area contributed by atoms with Crippen LogP contribution in [-0.4, -0.2) is 48.2 Å². The van der Waals surface area contributed by atoms with E-state index >= 15 is 0 Å². The lowest BCUT2D eigenvalue weighted by molar-refractivity contribution is 0.415. The maximum atomic E-state index is 5.20. The Morgan fingerprint density at radius 1 is 0.769 bits per heavy atom. The van der Waals surface area contributed by atoms with E-state index in [9.17, 15) is 0 Å². The predicted molar refractivity (Wildman–Crippen MR) is 103 cm³/mol. The lowest BCUT2D eigenvalue weighted by Crippen LogP contribution is -2.47. The van der Waals surface area contributed by atoms with Gasteiger partial charge in [0.15, 0.2) is 0 Å². The summed E-state index contributed by atoms with van der Waals surface area (Å²) in [4.78, 5) is 18.1. The van der Waals surface area contributed by atoms with Gasteiger partial charge in [0.2, 0.25) is 5.95 Å². The molecule has 0 N–H and O–H groups in total. The number of hydrogen-bond donors (Lipinski definition) is 0. The Hall–Kier alpha value is -3.15. The van der Waals surface area contributed by atoms with E-state index in [0.717, 1.165) is 54.8 Å². The van der Waals surface area contributed by atoms with Gasteiger partial charge in [0, 0.05) is 50.3 Å². The molecular formula is C20H21N5O. The Bertz CT molecular complexity index is 828. The first-order valence-electron chi connectivity index (χ1n) is 8.71. The average Bonchev–Trinajstić information content (AvgIpc) is 2.75. The molecule has 0 atom stereocenters. The maximum absolute atomic E-state index is 5.20. The minimum Gasteiger partial charge on any atom is -0.497 e. The van der Waals surface area contributed by atoms with E-state index in [4.69, 9.17) is 4.74 Å². The zero-order chi connectivity index (χ0) is 17.8. The van der Waals surface area contributed by atoms with Crippen LogP contribution in [0.4, 0.5) is 11.8 Å². The van der Waals surface area contributed by atoms with Gasteiger partial charge in [-0.1, -0.05) is 18.2 Å². The van der Waals surface area contributed by atoms with Crippen molar-refractivity contribution in [2.24, 2.45) is 0 Å². The summed E-state index contributed by atoms with van der Waals surface area (Å²) in [6.45, 7) is 3.61. The van der Waals surface area contributed by atoms with Gasteiger partial charge in [-0.15, -0.1) is 0 Å². The summed E-state index contributed by atoms with van der Waals surface area (Å²) in [6.07, 6.45) is 5.60. The normalized spacial score (nSPS) is 14.3. The summed E-state index contributed by atoms with van der Waals surface area (Å²) in [5, 5.41) is 0. The second-order valence-corrected chi connectivity index (χ2v) is 6.16. The molecule has 26 heavy (non-hydrogen) atoms. The van der Waals surface area contributed by atoms with E-state index in [-0.39, 0.29) is 0 Å². The van der Waals surface area contributed by atoms with Crippen molar-refractivity contribution in [2.75, 3.05) is 43.1 Å². The molecule has 1 fully saturated rings. The van der Waals surface area contributed by atoms with E-state index in [0.29, 0.717) is 0 Å². The molecule has 0 saturated carbocycles. The van der Waals surface area contributed by atoms with E-state index in [1.165, 1.54) is 0 Å². The topological polar surface area (TPSA) is 54.4 Å². The number of methoxy groups -OCH3 is 1. The monoisotopic (exact) mass is 347 g/mol. The number of piperazine rings is 1. The van der Waals surface area contributed by atoms with Gasteiger partial charge >= 0.3 is 0 Å². The fourth-order valence-corrected chi connectivity index (χ4v) is 3.09. The van der Waals surface area contributed by atoms with Crippen molar-refractivity contribution >= 4 is 11.8 Å². The lowest BCUT2D eigenvalue weighted by atomic mass is 10.1. The predicted octanol–water partition coefficient (Wildman–Crippen LogP) is 2.87. The Morgan fingerprint density at radius 2 is 1.46 bits per heavy atom. The van der Waals surface area contributed by atoms with Crippen molar-refractivity contribution in [1.29, 1.82) is 0 Å². The first-order valence-corrected chi connectivity index (χ1v) is 8.71. The van der Waals surface area contributed by atoms with Crippen molar-refractivity contribution in [1.82, 2.24) is 15.0 Å². The molecule has 0 unspecified atom stereocenters. The number of benzene rings is 1. The smallest absolute Gasteiger partial charge is 0.225 e. The molecule has 2 aromatic heterocycles. The van der Waals surface area contributed by atoms with Crippen LogP contribution in [0.5, 0.6) is 5.75 Å². The quantitative estimate of drug-likeness (QED) is 0.723. The van der Waals surface area contributed by atoms with Crippen molar-refractivity contribution in [3.63, 3.8) is 0 Å². The highest BCUT2D eigenvalue weighted by molar-refractivity contribution is 5.63. The highest BCUT2D eigenvalue weighted by Gasteiger charge is 2.19. The third-order valence-corrected chi connectivity index (χ3v) is 4.60. The lowest BCUT2D eigenvalue weighted by Gasteiger charge is -2.35. The molecule has 3 aromatic rings. The van der Waals surface area contributed by atoms with Gasteiger partial charge in [0.25, 0.3) is 0 Å². The number of nitrogens with zero attached hydrogens (tertiary/aromatic N) is 5. The van der Waals surface area contributed by atoms with Crippen molar-refractivity contribution in [3.05, 3.63) is 61.1 Å². The van der Waals surface area contributed by atoms with Crippen LogP contribution in [-0.2, 0) is 0 Å². The second kappa shape index (κ2) is 7.39. The SMILES string of the molecule is COc1ccc(-c2cnc(N3CCN(c4ccccn4)CC3)nc2)cc1. The van der Waals surface area contributed by atoms with E-state index in [1.54, 1.807) is 7.11 Å². The number of pyridine rings is 1. The van der Waals surface area contributed by atoms with Crippen LogP contribution >= 0.6 is 0 Å². The summed E-state index contributed by atoms with van der Waals surface area (Å²) >= 11 is 0. The van der Waals surface area contributed by atoms with Crippen molar-refractivity contribution < 1.29 is 4.74 Å².